The van der Waals surface area contributed by atoms with Crippen LogP contribution < -0.4 is 27.0 Å². The molecule has 0 spiro atoms. The first kappa shape index (κ1) is 31.0. The van der Waals surface area contributed by atoms with Crippen molar-refractivity contribution in [2.75, 3.05) is 22.8 Å². The maximum atomic E-state index is 13.4. The van der Waals surface area contributed by atoms with Crippen LogP contribution in [-0.4, -0.2) is 66.8 Å². The van der Waals surface area contributed by atoms with Gasteiger partial charge in [-0.3, -0.25) is 19.2 Å². The molecule has 0 fully saturated rings. The highest BCUT2D eigenvalue weighted by molar-refractivity contribution is 14.1. The maximum absolute atomic E-state index is 13.4. The number of carbonyl (C=O) groups excluding carboxylic acids is 5. The third-order valence-corrected chi connectivity index (χ3v) is 6.24. The number of nitrogens with one attached hydrogen (secondary N) is 4. The minimum absolute atomic E-state index is 0.138. The van der Waals surface area contributed by atoms with Gasteiger partial charge >= 0.3 is 0 Å². The Kier molecular flexibility index (Phi) is 13.5. The molecule has 0 saturated carbocycles. The number of carbonyl (C=O) groups is 5. The number of halogens is 1. The molecule has 38 heavy (non-hydrogen) atoms. The first-order valence-corrected chi connectivity index (χ1v) is 13.8. The van der Waals surface area contributed by atoms with Crippen LogP contribution in [0, 0.1) is 0 Å². The molecular weight excluding hydrogens is 600 g/mol. The van der Waals surface area contributed by atoms with Crippen molar-refractivity contribution in [1.29, 1.82) is 0 Å². The standard InChI is InChI=1S/C26H33BIN5O5/c27-22(34)16-30-25(37)20(8-4-5-13-29)32-26(38)21(14-17-6-2-1-3-7-17)33-24(36)18-9-11-19(12-10-18)31-23(35)15-28/h1-3,6-7,9-12,20-21H,4-5,8,13-16,27,29H2,(H,30,37)(H,31,35)(H,32,38)(H,33,36)/t20-,21-/m0/s1. The molecule has 0 bridgehead atoms. The molecule has 0 aliphatic heterocycles. The van der Waals surface area contributed by atoms with Gasteiger partial charge in [-0.15, -0.1) is 0 Å². The van der Waals surface area contributed by atoms with Gasteiger partial charge in [0.15, 0.2) is 7.85 Å². The van der Waals surface area contributed by atoms with Gasteiger partial charge in [-0.1, -0.05) is 52.9 Å². The summed E-state index contributed by atoms with van der Waals surface area (Å²) in [4.78, 5) is 62.0. The van der Waals surface area contributed by atoms with E-state index in [4.69, 9.17) is 5.73 Å². The molecule has 2 atom stereocenters. The largest absolute Gasteiger partial charge is 0.348 e. The molecule has 12 heteroatoms. The van der Waals surface area contributed by atoms with E-state index >= 15 is 0 Å². The lowest BCUT2D eigenvalue weighted by Crippen LogP contribution is -2.54. The van der Waals surface area contributed by atoms with E-state index < -0.39 is 29.8 Å². The number of anilines is 1. The number of benzene rings is 2. The molecule has 202 valence electrons. The Hall–Kier alpha value is -3.26. The fraction of sp³-hybridized carbons (Fsp3) is 0.346. The number of unbranched alkanes of at least 4 members (excludes halogenated alkanes) is 1. The fourth-order valence-corrected chi connectivity index (χ4v) is 3.76. The van der Waals surface area contributed by atoms with Crippen LogP contribution in [0.4, 0.5) is 5.69 Å². The van der Waals surface area contributed by atoms with E-state index in [-0.39, 0.29) is 24.6 Å². The minimum Gasteiger partial charge on any atom is -0.348 e. The molecule has 2 aromatic rings. The smallest absolute Gasteiger partial charge is 0.251 e. The Morgan fingerprint density at radius 2 is 1.55 bits per heavy atom. The molecule has 0 heterocycles. The predicted octanol–water partition coefficient (Wildman–Crippen LogP) is 0.291. The van der Waals surface area contributed by atoms with Gasteiger partial charge in [-0.25, -0.2) is 0 Å². The van der Waals surface area contributed by atoms with Crippen LogP contribution in [0.2, 0.25) is 0 Å². The third kappa shape index (κ3) is 11.0. The Morgan fingerprint density at radius 1 is 0.868 bits per heavy atom. The number of nitrogens with two attached hydrogens (primary N) is 1. The lowest BCUT2D eigenvalue weighted by atomic mass is 10.0. The van der Waals surface area contributed by atoms with Crippen LogP contribution in [0.3, 0.4) is 0 Å². The van der Waals surface area contributed by atoms with Crippen molar-refractivity contribution in [3.8, 4) is 0 Å². The summed E-state index contributed by atoms with van der Waals surface area (Å²) in [5.74, 6) is -1.63. The van der Waals surface area contributed by atoms with E-state index in [1.54, 1.807) is 24.3 Å². The van der Waals surface area contributed by atoms with Gasteiger partial charge < -0.3 is 31.8 Å². The molecule has 0 saturated heterocycles. The van der Waals surface area contributed by atoms with Crippen molar-refractivity contribution >= 4 is 65.4 Å². The number of rotatable bonds is 15. The number of hydrogen-bond acceptors (Lipinski definition) is 6. The number of amides is 4. The monoisotopic (exact) mass is 633 g/mol. The summed E-state index contributed by atoms with van der Waals surface area (Å²) in [5, 5.41) is 10.8. The van der Waals surface area contributed by atoms with Crippen molar-refractivity contribution in [1.82, 2.24) is 16.0 Å². The van der Waals surface area contributed by atoms with Crippen molar-refractivity contribution in [2.24, 2.45) is 5.73 Å². The third-order valence-electron chi connectivity index (χ3n) is 5.55. The molecule has 0 aliphatic rings. The first-order chi connectivity index (χ1) is 18.2. The zero-order valence-electron chi connectivity index (χ0n) is 21.3. The predicted molar refractivity (Wildman–Crippen MR) is 157 cm³/mol. The second-order valence-corrected chi connectivity index (χ2v) is 9.50. The second-order valence-electron chi connectivity index (χ2n) is 8.74. The molecule has 0 radical (unpaired) electrons. The highest BCUT2D eigenvalue weighted by Crippen LogP contribution is 2.12. The zero-order chi connectivity index (χ0) is 27.9. The quantitative estimate of drug-likeness (QED) is 0.0821. The van der Waals surface area contributed by atoms with Crippen LogP contribution in [0.15, 0.2) is 54.6 Å². The minimum atomic E-state index is -0.971. The van der Waals surface area contributed by atoms with Crippen molar-refractivity contribution < 1.29 is 24.0 Å². The van der Waals surface area contributed by atoms with E-state index in [1.165, 1.54) is 7.85 Å². The van der Waals surface area contributed by atoms with Crippen molar-refractivity contribution in [3.63, 3.8) is 0 Å². The highest BCUT2D eigenvalue weighted by Gasteiger charge is 2.27. The summed E-state index contributed by atoms with van der Waals surface area (Å²) in [6, 6.07) is 13.7. The average molecular weight is 633 g/mol. The molecular formula is C26H33BIN5O5. The Morgan fingerprint density at radius 3 is 2.16 bits per heavy atom. The topological polar surface area (TPSA) is 159 Å². The van der Waals surface area contributed by atoms with Gasteiger partial charge in [0.05, 0.1) is 11.0 Å². The van der Waals surface area contributed by atoms with Crippen molar-refractivity contribution in [3.05, 3.63) is 65.7 Å². The van der Waals surface area contributed by atoms with Crippen LogP contribution in [0.5, 0.6) is 0 Å². The lowest BCUT2D eigenvalue weighted by Gasteiger charge is -2.23. The summed E-state index contributed by atoms with van der Waals surface area (Å²) < 4.78 is 0.302. The Labute approximate surface area is 236 Å². The number of alkyl halides is 1. The summed E-state index contributed by atoms with van der Waals surface area (Å²) in [5.41, 5.74) is 7.05. The van der Waals surface area contributed by atoms with E-state index in [2.05, 4.69) is 21.3 Å². The molecule has 2 aromatic carbocycles. The molecule has 0 aliphatic carbocycles. The van der Waals surface area contributed by atoms with Gasteiger partial charge in [0.1, 0.15) is 17.8 Å². The highest BCUT2D eigenvalue weighted by atomic mass is 127. The molecule has 4 amide bonds. The van der Waals surface area contributed by atoms with Gasteiger partial charge in [0.25, 0.3) is 5.91 Å². The van der Waals surface area contributed by atoms with Gasteiger partial charge in [-0.05, 0) is 55.6 Å². The molecule has 10 nitrogen and oxygen atoms in total. The van der Waals surface area contributed by atoms with Crippen LogP contribution in [0.1, 0.15) is 35.2 Å². The Balaban J connectivity index is 2.19. The van der Waals surface area contributed by atoms with Gasteiger partial charge in [-0.2, -0.15) is 0 Å². The first-order valence-electron chi connectivity index (χ1n) is 12.3. The molecule has 2 rings (SSSR count). The van der Waals surface area contributed by atoms with E-state index in [0.717, 1.165) is 5.56 Å². The number of hydrogen-bond donors (Lipinski definition) is 5. The lowest BCUT2D eigenvalue weighted by molar-refractivity contribution is -0.130. The average Bonchev–Trinajstić information content (AvgIpc) is 2.91. The summed E-state index contributed by atoms with van der Waals surface area (Å²) in [7, 11) is 1.36. The van der Waals surface area contributed by atoms with Crippen LogP contribution in [-0.2, 0) is 25.6 Å². The van der Waals surface area contributed by atoms with E-state index in [9.17, 15) is 24.0 Å². The maximum Gasteiger partial charge on any atom is 0.251 e. The fourth-order valence-electron chi connectivity index (χ4n) is 3.57. The van der Waals surface area contributed by atoms with Crippen LogP contribution in [0.25, 0.3) is 0 Å². The molecule has 0 aromatic heterocycles. The van der Waals surface area contributed by atoms with E-state index in [0.29, 0.717) is 41.5 Å². The van der Waals surface area contributed by atoms with Gasteiger partial charge in [0.2, 0.25) is 17.7 Å². The zero-order valence-corrected chi connectivity index (χ0v) is 23.5. The Bertz CT molecular complexity index is 1100. The summed E-state index contributed by atoms with van der Waals surface area (Å²) in [6.07, 6.45) is 1.81. The molecule has 0 unspecified atom stereocenters. The van der Waals surface area contributed by atoms with Gasteiger partial charge in [0, 0.05) is 17.7 Å². The second kappa shape index (κ2) is 16.6. The summed E-state index contributed by atoms with van der Waals surface area (Å²) in [6.45, 7) is 0.309. The summed E-state index contributed by atoms with van der Waals surface area (Å²) >= 11 is 1.95. The van der Waals surface area contributed by atoms with Crippen LogP contribution >= 0.6 is 22.6 Å². The SMILES string of the molecule is BC(=O)CNC(=O)[C@H](CCCCN)NC(=O)[C@H](Cc1ccccc1)NC(=O)c1ccc(NC(=O)CI)cc1. The normalized spacial score (nSPS) is 12.1. The molecule has 6 N–H and O–H groups in total. The van der Waals surface area contributed by atoms with Crippen molar-refractivity contribution in [2.45, 2.75) is 37.8 Å². The van der Waals surface area contributed by atoms with E-state index in [1.807, 2.05) is 52.9 Å².